The number of ether oxygens (including phenoxy) is 1. The lowest BCUT2D eigenvalue weighted by molar-refractivity contribution is -0.145. The number of benzene rings is 1. The first-order valence-electron chi connectivity index (χ1n) is 13.0. The Morgan fingerprint density at radius 2 is 1.75 bits per heavy atom. The van der Waals surface area contributed by atoms with E-state index in [9.17, 15) is 14.4 Å². The predicted octanol–water partition coefficient (Wildman–Crippen LogP) is 3.80. The van der Waals surface area contributed by atoms with Crippen LogP contribution in [0, 0.1) is 6.92 Å². The van der Waals surface area contributed by atoms with Crippen LogP contribution in [0.1, 0.15) is 60.7 Å². The summed E-state index contributed by atoms with van der Waals surface area (Å²) < 4.78 is 4.93. The van der Waals surface area contributed by atoms with Crippen molar-refractivity contribution in [3.05, 3.63) is 57.3 Å². The van der Waals surface area contributed by atoms with Crippen molar-refractivity contribution in [1.82, 2.24) is 14.7 Å². The van der Waals surface area contributed by atoms with Gasteiger partial charge in [0.25, 0.3) is 0 Å². The SMILES string of the molecule is CCOC(=O)CCC(=O)N1CCCN(C(=O)[C@@H](C)N2CCc3sccc3[C@@H]2c2ccccc2C)CC1. The Labute approximate surface area is 218 Å². The Morgan fingerprint density at radius 1 is 1.00 bits per heavy atom. The fraction of sp³-hybridized carbons (Fsp3) is 0.536. The highest BCUT2D eigenvalue weighted by Gasteiger charge is 2.37. The summed E-state index contributed by atoms with van der Waals surface area (Å²) in [5, 5.41) is 2.16. The topological polar surface area (TPSA) is 70.2 Å². The van der Waals surface area contributed by atoms with Crippen molar-refractivity contribution in [1.29, 1.82) is 0 Å². The van der Waals surface area contributed by atoms with E-state index in [-0.39, 0.29) is 42.7 Å². The van der Waals surface area contributed by atoms with Crippen LogP contribution in [0.2, 0.25) is 0 Å². The monoisotopic (exact) mass is 511 g/mol. The van der Waals surface area contributed by atoms with Gasteiger partial charge < -0.3 is 14.5 Å². The molecule has 4 rings (SSSR count). The molecule has 0 spiro atoms. The Balaban J connectivity index is 1.43. The number of aryl methyl sites for hydroxylation is 1. The maximum absolute atomic E-state index is 13.7. The van der Waals surface area contributed by atoms with Gasteiger partial charge in [-0.1, -0.05) is 24.3 Å². The lowest BCUT2D eigenvalue weighted by Gasteiger charge is -2.41. The third-order valence-corrected chi connectivity index (χ3v) is 8.35. The van der Waals surface area contributed by atoms with Gasteiger partial charge in [0.1, 0.15) is 0 Å². The molecule has 2 aliphatic rings. The van der Waals surface area contributed by atoms with Gasteiger partial charge >= 0.3 is 5.97 Å². The predicted molar refractivity (Wildman–Crippen MR) is 141 cm³/mol. The number of nitrogens with zero attached hydrogens (tertiary/aromatic N) is 3. The van der Waals surface area contributed by atoms with Crippen molar-refractivity contribution < 1.29 is 19.1 Å². The number of fused-ring (bicyclic) bond motifs is 1. The standard InChI is InChI=1S/C28H37N3O4S/c1-4-35-26(33)11-10-25(32)29-14-7-15-30(18-17-29)28(34)21(3)31-16-12-24-23(13-19-36-24)27(31)22-9-6-5-8-20(22)2/h5-6,8-9,13,19,21,27H,4,7,10-12,14-18H2,1-3H3/t21-,27+/m1/s1. The summed E-state index contributed by atoms with van der Waals surface area (Å²) in [5.74, 6) is -0.274. The van der Waals surface area contributed by atoms with Crippen LogP contribution < -0.4 is 0 Å². The molecule has 36 heavy (non-hydrogen) atoms. The van der Waals surface area contributed by atoms with Crippen molar-refractivity contribution in [3.63, 3.8) is 0 Å². The molecule has 2 atom stereocenters. The average Bonchev–Trinajstić information content (AvgIpc) is 3.22. The summed E-state index contributed by atoms with van der Waals surface area (Å²) in [6.45, 7) is 9.34. The Bertz CT molecular complexity index is 1080. The van der Waals surface area contributed by atoms with E-state index < -0.39 is 0 Å². The fourth-order valence-corrected chi connectivity index (χ4v) is 6.29. The Kier molecular flexibility index (Phi) is 8.80. The van der Waals surface area contributed by atoms with Crippen molar-refractivity contribution in [2.45, 2.75) is 58.5 Å². The lowest BCUT2D eigenvalue weighted by Crippen LogP contribution is -2.51. The summed E-state index contributed by atoms with van der Waals surface area (Å²) in [7, 11) is 0. The summed E-state index contributed by atoms with van der Waals surface area (Å²) in [6, 6.07) is 10.5. The average molecular weight is 512 g/mol. The molecule has 0 bridgehead atoms. The molecule has 3 heterocycles. The van der Waals surface area contributed by atoms with Crippen molar-refractivity contribution in [3.8, 4) is 0 Å². The first-order valence-corrected chi connectivity index (χ1v) is 13.9. The zero-order valence-electron chi connectivity index (χ0n) is 21.6. The number of carbonyl (C=O) groups is 3. The molecule has 0 N–H and O–H groups in total. The minimum atomic E-state index is -0.343. The van der Waals surface area contributed by atoms with Crippen molar-refractivity contribution in [2.24, 2.45) is 0 Å². The molecule has 0 aliphatic carbocycles. The van der Waals surface area contributed by atoms with E-state index in [2.05, 4.69) is 47.5 Å². The second kappa shape index (κ2) is 12.0. The number of thiophene rings is 1. The number of rotatable bonds is 7. The summed E-state index contributed by atoms with van der Waals surface area (Å²) >= 11 is 1.81. The van der Waals surface area contributed by atoms with E-state index in [1.165, 1.54) is 21.6 Å². The fourth-order valence-electron chi connectivity index (χ4n) is 5.39. The number of hydrogen-bond donors (Lipinski definition) is 0. The van der Waals surface area contributed by atoms with Crippen LogP contribution in [0.15, 0.2) is 35.7 Å². The molecule has 0 radical (unpaired) electrons. The molecule has 1 saturated heterocycles. The van der Waals surface area contributed by atoms with Crippen LogP contribution in [0.3, 0.4) is 0 Å². The lowest BCUT2D eigenvalue weighted by atomic mass is 9.89. The van der Waals surface area contributed by atoms with Gasteiger partial charge in [0, 0.05) is 44.0 Å². The van der Waals surface area contributed by atoms with Gasteiger partial charge in [0.2, 0.25) is 11.8 Å². The molecule has 7 nitrogen and oxygen atoms in total. The van der Waals surface area contributed by atoms with Crippen LogP contribution in [0.5, 0.6) is 0 Å². The van der Waals surface area contributed by atoms with Gasteiger partial charge in [-0.25, -0.2) is 0 Å². The van der Waals surface area contributed by atoms with E-state index in [4.69, 9.17) is 4.74 Å². The number of hydrogen-bond acceptors (Lipinski definition) is 6. The second-order valence-corrected chi connectivity index (χ2v) is 10.6. The highest BCUT2D eigenvalue weighted by molar-refractivity contribution is 7.10. The van der Waals surface area contributed by atoms with Gasteiger partial charge in [0.05, 0.1) is 25.1 Å². The Morgan fingerprint density at radius 3 is 2.53 bits per heavy atom. The zero-order chi connectivity index (χ0) is 25.7. The quantitative estimate of drug-likeness (QED) is 0.529. The zero-order valence-corrected chi connectivity index (χ0v) is 22.4. The number of esters is 1. The molecule has 2 amide bonds. The minimum absolute atomic E-state index is 0.0500. The van der Waals surface area contributed by atoms with Gasteiger partial charge in [-0.2, -0.15) is 0 Å². The molecule has 0 saturated carbocycles. The molecule has 2 aliphatic heterocycles. The second-order valence-electron chi connectivity index (χ2n) is 9.59. The van der Waals surface area contributed by atoms with E-state index in [1.54, 1.807) is 23.2 Å². The van der Waals surface area contributed by atoms with Crippen LogP contribution in [-0.2, 0) is 25.5 Å². The van der Waals surface area contributed by atoms with Crippen LogP contribution >= 0.6 is 11.3 Å². The van der Waals surface area contributed by atoms with Gasteiger partial charge in [0.15, 0.2) is 0 Å². The van der Waals surface area contributed by atoms with Crippen LogP contribution in [0.4, 0.5) is 0 Å². The van der Waals surface area contributed by atoms with E-state index in [1.807, 2.05) is 11.8 Å². The Hall–Kier alpha value is -2.71. The molecule has 194 valence electrons. The maximum atomic E-state index is 13.7. The summed E-state index contributed by atoms with van der Waals surface area (Å²) in [6.07, 6.45) is 1.94. The molecular weight excluding hydrogens is 474 g/mol. The molecular formula is C28H37N3O4S. The smallest absolute Gasteiger partial charge is 0.306 e. The largest absolute Gasteiger partial charge is 0.466 e. The first-order chi connectivity index (χ1) is 17.4. The van der Waals surface area contributed by atoms with Crippen LogP contribution in [-0.4, -0.2) is 77.9 Å². The van der Waals surface area contributed by atoms with Gasteiger partial charge in [-0.15, -0.1) is 11.3 Å². The van der Waals surface area contributed by atoms with Gasteiger partial charge in [-0.05, 0) is 61.7 Å². The number of amides is 2. The third kappa shape index (κ3) is 5.81. The molecule has 2 aromatic rings. The van der Waals surface area contributed by atoms with E-state index in [0.717, 1.165) is 19.4 Å². The minimum Gasteiger partial charge on any atom is -0.466 e. The first kappa shape index (κ1) is 26.4. The highest BCUT2D eigenvalue weighted by atomic mass is 32.1. The maximum Gasteiger partial charge on any atom is 0.306 e. The normalized spacial score (nSPS) is 19.4. The molecule has 1 aromatic heterocycles. The molecule has 8 heteroatoms. The third-order valence-electron chi connectivity index (χ3n) is 7.35. The van der Waals surface area contributed by atoms with Gasteiger partial charge in [-0.3, -0.25) is 19.3 Å². The van der Waals surface area contributed by atoms with Crippen LogP contribution in [0.25, 0.3) is 0 Å². The van der Waals surface area contributed by atoms with E-state index >= 15 is 0 Å². The molecule has 0 unspecified atom stereocenters. The number of carbonyl (C=O) groups excluding carboxylic acids is 3. The van der Waals surface area contributed by atoms with E-state index in [0.29, 0.717) is 32.8 Å². The van der Waals surface area contributed by atoms with Crippen molar-refractivity contribution in [2.75, 3.05) is 39.3 Å². The molecule has 1 aromatic carbocycles. The summed E-state index contributed by atoms with van der Waals surface area (Å²) in [4.78, 5) is 45.5. The highest BCUT2D eigenvalue weighted by Crippen LogP contribution is 2.40. The summed E-state index contributed by atoms with van der Waals surface area (Å²) in [5.41, 5.74) is 3.80. The van der Waals surface area contributed by atoms with Crippen molar-refractivity contribution >= 4 is 29.1 Å². The molecule has 1 fully saturated rings.